The summed E-state index contributed by atoms with van der Waals surface area (Å²) >= 11 is -2.89. The van der Waals surface area contributed by atoms with Gasteiger partial charge in [0.05, 0.1) is 0 Å². The van der Waals surface area contributed by atoms with E-state index in [0.29, 0.717) is 0 Å². The van der Waals surface area contributed by atoms with Crippen molar-refractivity contribution in [3.05, 3.63) is 29.8 Å². The Bertz CT molecular complexity index is 818. The Balaban J connectivity index is 2.16. The van der Waals surface area contributed by atoms with Crippen LogP contribution in [-0.2, 0) is 20.9 Å². The van der Waals surface area contributed by atoms with Crippen LogP contribution in [0.2, 0.25) is 6.60 Å². The predicted octanol–water partition coefficient (Wildman–Crippen LogP) is 0.926. The molecule has 1 heterocycles. The van der Waals surface area contributed by atoms with Gasteiger partial charge < -0.3 is 0 Å². The van der Waals surface area contributed by atoms with Crippen LogP contribution in [0.4, 0.5) is 0 Å². The summed E-state index contributed by atoms with van der Waals surface area (Å²) in [6, 6.07) is 7.97. The second-order valence-corrected chi connectivity index (χ2v) is 16.6. The molecular weight excluding hydrogens is 904 g/mol. The molecule has 3 N–H and O–H groups in total. The summed E-state index contributed by atoms with van der Waals surface area (Å²) in [7, 11) is 1.65. The van der Waals surface area contributed by atoms with Crippen molar-refractivity contribution in [3.63, 3.8) is 0 Å². The van der Waals surface area contributed by atoms with Gasteiger partial charge >= 0.3 is 278 Å². The summed E-state index contributed by atoms with van der Waals surface area (Å²) in [4.78, 5) is 36.0. The number of benzene rings is 1. The van der Waals surface area contributed by atoms with Gasteiger partial charge in [0.25, 0.3) is 0 Å². The number of methoxy groups -OCH3 is 1. The van der Waals surface area contributed by atoms with E-state index < -0.39 is 127 Å². The third-order valence-corrected chi connectivity index (χ3v) is 14.2. The van der Waals surface area contributed by atoms with Crippen molar-refractivity contribution >= 4 is 17.9 Å². The Hall–Kier alpha value is 1.24. The van der Waals surface area contributed by atoms with Crippen LogP contribution in [0.15, 0.2) is 24.3 Å². The number of aliphatic carboxylic acids is 3. The van der Waals surface area contributed by atoms with Gasteiger partial charge in [-0.2, -0.15) is 0 Å². The molecule has 1 aliphatic heterocycles. The zero-order chi connectivity index (χ0) is 26.3. The first-order valence-electron chi connectivity index (χ1n) is 11.2. The van der Waals surface area contributed by atoms with Gasteiger partial charge in [-0.25, -0.2) is 0 Å². The summed E-state index contributed by atoms with van der Waals surface area (Å²) in [5.41, 5.74) is 1.14. The van der Waals surface area contributed by atoms with Crippen molar-refractivity contribution in [2.24, 2.45) is 0 Å². The molecule has 0 atom stereocenters. The van der Waals surface area contributed by atoms with Gasteiger partial charge in [-0.05, 0) is 0 Å². The number of carbonyl (C=O) groups is 3. The van der Waals surface area contributed by atoms with Crippen molar-refractivity contribution in [3.8, 4) is 5.75 Å². The van der Waals surface area contributed by atoms with Gasteiger partial charge in [0.2, 0.25) is 0 Å². The van der Waals surface area contributed by atoms with E-state index in [1.165, 1.54) is 0 Å². The normalized spacial score (nSPS) is 18.0. The van der Waals surface area contributed by atoms with Crippen LogP contribution in [0, 0.1) is 109 Å². The fourth-order valence-electron chi connectivity index (χ4n) is 3.27. The summed E-state index contributed by atoms with van der Waals surface area (Å²) < 4.78 is 12.8. The van der Waals surface area contributed by atoms with Crippen LogP contribution in [0.3, 0.4) is 0 Å². The Labute approximate surface area is 272 Å². The van der Waals surface area contributed by atoms with Crippen molar-refractivity contribution in [2.75, 3.05) is 59.5 Å². The van der Waals surface area contributed by atoms with Gasteiger partial charge in [0, 0.05) is 0 Å². The zero-order valence-corrected chi connectivity index (χ0v) is 26.9. The minimum absolute atomic E-state index is 0.188. The monoisotopic (exact) mass is 940 g/mol. The average Bonchev–Trinajstić information content (AvgIpc) is 2.83. The van der Waals surface area contributed by atoms with E-state index >= 15 is 0 Å². The third-order valence-electron chi connectivity index (χ3n) is 4.96. The second kappa shape index (κ2) is 19.3. The molecule has 0 spiro atoms. The molecule has 36 heavy (non-hydrogen) atoms. The summed E-state index contributed by atoms with van der Waals surface area (Å²) in [5.74, 6) is -1.51. The Kier molecular flexibility index (Phi) is 18.0. The molecule has 11 nitrogen and oxygen atoms in total. The van der Waals surface area contributed by atoms with E-state index in [4.69, 9.17) is 4.74 Å². The van der Waals surface area contributed by atoms with Gasteiger partial charge in [0.15, 0.2) is 0 Å². The molecule has 2 rings (SSSR count). The van der Waals surface area contributed by atoms with E-state index in [1.807, 2.05) is 18.2 Å². The molecule has 0 bridgehead atoms. The van der Waals surface area contributed by atoms with Gasteiger partial charge in [-0.1, -0.05) is 0 Å². The number of carboxylic acid groups (broad SMARTS) is 3. The quantitative estimate of drug-likeness (QED) is 0.277. The van der Waals surface area contributed by atoms with Gasteiger partial charge in [-0.15, -0.1) is 0 Å². The van der Waals surface area contributed by atoms with Crippen molar-refractivity contribution in [1.82, 2.24) is 8.20 Å². The van der Waals surface area contributed by atoms with Gasteiger partial charge in [0.1, 0.15) is 0 Å². The molecule has 1 saturated heterocycles. The first kappa shape index (κ1) is 33.5. The Morgan fingerprint density at radius 3 is 1.56 bits per heavy atom. The molecule has 1 fully saturated rings. The molecule has 1 aromatic carbocycles. The molecule has 208 valence electrons. The third kappa shape index (κ3) is 15.1. The van der Waals surface area contributed by atoms with E-state index in [0.717, 1.165) is 70.2 Å². The number of hydrogen-bond acceptors (Lipinski definition) is 8. The summed E-state index contributed by atoms with van der Waals surface area (Å²) in [6.45, 7) is 6.78. The number of carboxylic acids is 3. The summed E-state index contributed by atoms with van der Waals surface area (Å²) in [5, 5.41) is 27.7. The zero-order valence-electron chi connectivity index (χ0n) is 20.1. The van der Waals surface area contributed by atoms with Crippen molar-refractivity contribution in [1.29, 1.82) is 0 Å². The summed E-state index contributed by atoms with van der Waals surface area (Å²) in [6.07, 6.45) is 0. The number of ether oxygens (including phenoxy) is 1. The van der Waals surface area contributed by atoms with Crippen LogP contribution >= 0.6 is 0 Å². The topological polar surface area (TPSA) is 134 Å². The Morgan fingerprint density at radius 2 is 1.17 bits per heavy atom. The number of nitrogens with zero attached hydrogens (tertiary/aromatic N) is 4. The number of rotatable bonds is 12. The van der Waals surface area contributed by atoms with Crippen LogP contribution in [0.25, 0.3) is 0 Å². The Morgan fingerprint density at radius 1 is 0.750 bits per heavy atom. The molecular formula is C22H34Gd3N4O7. The van der Waals surface area contributed by atoms with E-state index in [-0.39, 0.29) is 6.60 Å². The average molecular weight is 938 g/mol. The maximum absolute atomic E-state index is 11.2. The molecule has 0 aromatic heterocycles. The molecule has 0 unspecified atom stereocenters. The van der Waals surface area contributed by atoms with Crippen molar-refractivity contribution < 1.29 is 143 Å². The fourth-order valence-corrected chi connectivity index (χ4v) is 9.23. The molecule has 0 amide bonds. The maximum atomic E-state index is 11.2. The molecule has 0 aliphatic carbocycles. The number of hydrogen-bond donors (Lipinski definition) is 3. The molecule has 0 saturated carbocycles. The predicted molar refractivity (Wildman–Crippen MR) is 120 cm³/mol. The molecule has 1 aliphatic rings. The van der Waals surface area contributed by atoms with Crippen LogP contribution in [0.5, 0.6) is 5.75 Å². The molecule has 0 radical (unpaired) electrons. The van der Waals surface area contributed by atoms with E-state index in [1.54, 1.807) is 7.11 Å². The first-order valence-corrected chi connectivity index (χ1v) is 19.1. The van der Waals surface area contributed by atoms with E-state index in [9.17, 15) is 29.7 Å². The SMILES string of the molecule is COc1cccc(CN2CC[N]([Gd][CH2]C(=O)O)CC[N]([Gd][CH2]C(=O)O)CC[N]([Gd][CH2]C(=O)O)CC2)c1. The second-order valence-electron chi connectivity index (χ2n) is 7.70. The van der Waals surface area contributed by atoms with Gasteiger partial charge in [-0.3, -0.25) is 0 Å². The first-order chi connectivity index (χ1) is 17.2. The standard InChI is InChI=1S/C16H25N4O.3C2H3O2.3Gd/c1-21-16-4-2-3-15(13-16)14-20-11-9-18-7-5-17-6-8-19-10-12-20;3*1-2(3)4;;;/h2-4,13H,5-12,14H2,1H3;3*1H2,(H,3,4);;;/q-3;;;;3*+1. The molecule has 14 heteroatoms. The van der Waals surface area contributed by atoms with Crippen LogP contribution in [0.1, 0.15) is 5.56 Å². The van der Waals surface area contributed by atoms with Crippen LogP contribution < -0.4 is 4.74 Å². The van der Waals surface area contributed by atoms with Crippen LogP contribution in [-0.4, -0.2) is 101 Å². The van der Waals surface area contributed by atoms with E-state index in [2.05, 4.69) is 14.3 Å². The fraction of sp³-hybridized carbons (Fsp3) is 0.591. The van der Waals surface area contributed by atoms with Crippen molar-refractivity contribution in [2.45, 2.75) is 13.1 Å². The molecule has 1 aromatic rings. The minimum atomic E-state index is -0.971.